The first-order valence-corrected chi connectivity index (χ1v) is 4.29. The third-order valence-electron chi connectivity index (χ3n) is 1.39. The summed E-state index contributed by atoms with van der Waals surface area (Å²) in [6.07, 6.45) is 6.05. The molecular formula is C10H20O. The van der Waals surface area contributed by atoms with Gasteiger partial charge in [0.2, 0.25) is 0 Å². The van der Waals surface area contributed by atoms with E-state index < -0.39 is 5.60 Å². The molecule has 0 aromatic rings. The standard InChI is InChI=1S/C10H20O/c1-9(2)7-5-6-8-10(3,4)11/h5-6,9,11H,7-8H2,1-4H3/b6-5+. The predicted molar refractivity (Wildman–Crippen MR) is 49.5 cm³/mol. The van der Waals surface area contributed by atoms with Crippen molar-refractivity contribution in [3.8, 4) is 0 Å². The van der Waals surface area contributed by atoms with Gasteiger partial charge in [-0.15, -0.1) is 0 Å². The van der Waals surface area contributed by atoms with Crippen LogP contribution in [0.1, 0.15) is 40.5 Å². The Morgan fingerprint density at radius 1 is 1.27 bits per heavy atom. The van der Waals surface area contributed by atoms with Crippen LogP contribution in [0.5, 0.6) is 0 Å². The molecule has 1 nitrogen and oxygen atoms in total. The van der Waals surface area contributed by atoms with E-state index in [9.17, 15) is 5.11 Å². The van der Waals surface area contributed by atoms with Crippen LogP contribution in [-0.4, -0.2) is 10.7 Å². The Kier molecular flexibility index (Phi) is 4.43. The van der Waals surface area contributed by atoms with Crippen molar-refractivity contribution >= 4 is 0 Å². The normalized spacial score (nSPS) is 13.3. The lowest BCUT2D eigenvalue weighted by atomic mass is 10.0. The van der Waals surface area contributed by atoms with Gasteiger partial charge in [-0.05, 0) is 32.6 Å². The fourth-order valence-electron chi connectivity index (χ4n) is 0.740. The zero-order chi connectivity index (χ0) is 8.91. The van der Waals surface area contributed by atoms with Crippen molar-refractivity contribution in [2.24, 2.45) is 5.92 Å². The molecule has 0 bridgehead atoms. The molecule has 0 heterocycles. The maximum Gasteiger partial charge on any atom is 0.0626 e. The van der Waals surface area contributed by atoms with E-state index in [1.165, 1.54) is 0 Å². The van der Waals surface area contributed by atoms with Crippen LogP contribution in [0.15, 0.2) is 12.2 Å². The van der Waals surface area contributed by atoms with E-state index >= 15 is 0 Å². The molecule has 0 aromatic heterocycles. The van der Waals surface area contributed by atoms with Gasteiger partial charge in [0, 0.05) is 0 Å². The van der Waals surface area contributed by atoms with Crippen molar-refractivity contribution in [3.63, 3.8) is 0 Å². The summed E-state index contributed by atoms with van der Waals surface area (Å²) in [7, 11) is 0. The van der Waals surface area contributed by atoms with Crippen LogP contribution in [0, 0.1) is 5.92 Å². The van der Waals surface area contributed by atoms with Crippen LogP contribution in [0.4, 0.5) is 0 Å². The van der Waals surface area contributed by atoms with E-state index in [4.69, 9.17) is 0 Å². The minimum Gasteiger partial charge on any atom is -0.390 e. The molecule has 0 aliphatic rings. The molecule has 1 heteroatoms. The van der Waals surface area contributed by atoms with E-state index in [1.54, 1.807) is 0 Å². The largest absolute Gasteiger partial charge is 0.390 e. The Labute approximate surface area is 70.1 Å². The third kappa shape index (κ3) is 9.70. The summed E-state index contributed by atoms with van der Waals surface area (Å²) in [6.45, 7) is 8.03. The monoisotopic (exact) mass is 156 g/mol. The van der Waals surface area contributed by atoms with Crippen LogP contribution < -0.4 is 0 Å². The highest BCUT2D eigenvalue weighted by molar-refractivity contribution is 4.87. The molecule has 1 N–H and O–H groups in total. The Morgan fingerprint density at radius 3 is 2.18 bits per heavy atom. The first-order chi connectivity index (χ1) is 4.92. The number of hydrogen-bond acceptors (Lipinski definition) is 1. The summed E-state index contributed by atoms with van der Waals surface area (Å²) in [6, 6.07) is 0. The van der Waals surface area contributed by atoms with Crippen molar-refractivity contribution in [1.29, 1.82) is 0 Å². The summed E-state index contributed by atoms with van der Waals surface area (Å²) in [4.78, 5) is 0. The zero-order valence-electron chi connectivity index (χ0n) is 8.09. The van der Waals surface area contributed by atoms with E-state index in [2.05, 4.69) is 26.0 Å². The molecule has 66 valence electrons. The first kappa shape index (κ1) is 10.7. The van der Waals surface area contributed by atoms with Gasteiger partial charge in [-0.1, -0.05) is 26.0 Å². The van der Waals surface area contributed by atoms with Gasteiger partial charge in [0.05, 0.1) is 5.60 Å². The Morgan fingerprint density at radius 2 is 1.82 bits per heavy atom. The van der Waals surface area contributed by atoms with E-state index in [0.29, 0.717) is 5.92 Å². The molecule has 0 unspecified atom stereocenters. The summed E-state index contributed by atoms with van der Waals surface area (Å²) in [5.74, 6) is 0.716. The Bertz CT molecular complexity index is 117. The van der Waals surface area contributed by atoms with Gasteiger partial charge in [0.1, 0.15) is 0 Å². The van der Waals surface area contributed by atoms with Crippen molar-refractivity contribution in [1.82, 2.24) is 0 Å². The second kappa shape index (κ2) is 4.55. The molecule has 11 heavy (non-hydrogen) atoms. The molecule has 0 amide bonds. The average molecular weight is 156 g/mol. The molecule has 0 rings (SSSR count). The molecule has 0 fully saturated rings. The van der Waals surface area contributed by atoms with Crippen molar-refractivity contribution < 1.29 is 5.11 Å². The lowest BCUT2D eigenvalue weighted by molar-refractivity contribution is 0.0838. The molecule has 0 aliphatic carbocycles. The second-order valence-corrected chi connectivity index (χ2v) is 4.12. The third-order valence-corrected chi connectivity index (χ3v) is 1.39. The van der Waals surface area contributed by atoms with Gasteiger partial charge < -0.3 is 5.11 Å². The minimum absolute atomic E-state index is 0.548. The number of allylic oxidation sites excluding steroid dienone is 1. The summed E-state index contributed by atoms with van der Waals surface area (Å²) in [5.41, 5.74) is -0.548. The van der Waals surface area contributed by atoms with Gasteiger partial charge in [-0.2, -0.15) is 0 Å². The van der Waals surface area contributed by atoms with E-state index in [-0.39, 0.29) is 0 Å². The van der Waals surface area contributed by atoms with Crippen molar-refractivity contribution in [3.05, 3.63) is 12.2 Å². The van der Waals surface area contributed by atoms with Gasteiger partial charge >= 0.3 is 0 Å². The summed E-state index contributed by atoms with van der Waals surface area (Å²) in [5, 5.41) is 9.33. The number of rotatable bonds is 4. The second-order valence-electron chi connectivity index (χ2n) is 4.12. The lowest BCUT2D eigenvalue weighted by Crippen LogP contribution is -2.16. The number of aliphatic hydroxyl groups is 1. The quantitative estimate of drug-likeness (QED) is 0.620. The fraction of sp³-hybridized carbons (Fsp3) is 0.800. The molecule has 0 aliphatic heterocycles. The van der Waals surface area contributed by atoms with Crippen LogP contribution in [0.25, 0.3) is 0 Å². The Balaban J connectivity index is 3.46. The van der Waals surface area contributed by atoms with Crippen molar-refractivity contribution in [2.45, 2.75) is 46.1 Å². The maximum absolute atomic E-state index is 9.33. The molecule has 0 radical (unpaired) electrons. The minimum atomic E-state index is -0.548. The van der Waals surface area contributed by atoms with Crippen LogP contribution >= 0.6 is 0 Å². The summed E-state index contributed by atoms with van der Waals surface area (Å²) < 4.78 is 0. The highest BCUT2D eigenvalue weighted by Crippen LogP contribution is 2.09. The smallest absolute Gasteiger partial charge is 0.0626 e. The van der Waals surface area contributed by atoms with Gasteiger partial charge in [0.25, 0.3) is 0 Å². The lowest BCUT2D eigenvalue weighted by Gasteiger charge is -2.13. The fourth-order valence-corrected chi connectivity index (χ4v) is 0.740. The molecule has 0 saturated carbocycles. The zero-order valence-corrected chi connectivity index (χ0v) is 8.09. The van der Waals surface area contributed by atoms with E-state index in [1.807, 2.05) is 13.8 Å². The van der Waals surface area contributed by atoms with Crippen LogP contribution in [0.3, 0.4) is 0 Å². The summed E-state index contributed by atoms with van der Waals surface area (Å²) >= 11 is 0. The topological polar surface area (TPSA) is 20.2 Å². The predicted octanol–water partition coefficient (Wildman–Crippen LogP) is 2.75. The highest BCUT2D eigenvalue weighted by Gasteiger charge is 2.08. The van der Waals surface area contributed by atoms with Crippen molar-refractivity contribution in [2.75, 3.05) is 0 Å². The first-order valence-electron chi connectivity index (χ1n) is 4.29. The molecule has 0 spiro atoms. The van der Waals surface area contributed by atoms with Crippen LogP contribution in [-0.2, 0) is 0 Å². The molecule has 0 saturated heterocycles. The highest BCUT2D eigenvalue weighted by atomic mass is 16.3. The molecule has 0 atom stereocenters. The number of hydrogen-bond donors (Lipinski definition) is 1. The molecule has 0 aromatic carbocycles. The average Bonchev–Trinajstić information content (AvgIpc) is 1.78. The van der Waals surface area contributed by atoms with Gasteiger partial charge in [-0.3, -0.25) is 0 Å². The van der Waals surface area contributed by atoms with Gasteiger partial charge in [-0.25, -0.2) is 0 Å². The van der Waals surface area contributed by atoms with Crippen LogP contribution in [0.2, 0.25) is 0 Å². The molecular weight excluding hydrogens is 136 g/mol. The SMILES string of the molecule is CC(C)C/C=C/CC(C)(C)O. The maximum atomic E-state index is 9.33. The Hall–Kier alpha value is -0.300. The van der Waals surface area contributed by atoms with Gasteiger partial charge in [0.15, 0.2) is 0 Å². The van der Waals surface area contributed by atoms with E-state index in [0.717, 1.165) is 12.8 Å².